The Morgan fingerprint density at radius 3 is 2.11 bits per heavy atom. The van der Waals surface area contributed by atoms with Crippen LogP contribution in [0.25, 0.3) is 5.76 Å². The van der Waals surface area contributed by atoms with Crippen molar-refractivity contribution in [1.29, 1.82) is 0 Å². The van der Waals surface area contributed by atoms with Crippen LogP contribution in [0.2, 0.25) is 0 Å². The topological polar surface area (TPSA) is 98.2 Å². The minimum Gasteiger partial charge on any atom is -0.507 e. The minimum absolute atomic E-state index is 0.0177. The molecule has 1 saturated heterocycles. The highest BCUT2D eigenvalue weighted by Crippen LogP contribution is 2.40. The van der Waals surface area contributed by atoms with Gasteiger partial charge < -0.3 is 20.0 Å². The fourth-order valence-corrected chi connectivity index (χ4v) is 4.24. The summed E-state index contributed by atoms with van der Waals surface area (Å²) in [5.74, 6) is -3.55. The van der Waals surface area contributed by atoms with Crippen LogP contribution in [-0.2, 0) is 16.1 Å². The van der Waals surface area contributed by atoms with Crippen molar-refractivity contribution >= 4 is 29.1 Å². The van der Waals surface area contributed by atoms with Crippen molar-refractivity contribution in [2.45, 2.75) is 19.5 Å². The Bertz CT molecular complexity index is 1380. The molecule has 4 rings (SSSR count). The number of anilines is 1. The number of carboxylic acid groups (broad SMARTS) is 1. The first-order valence-electron chi connectivity index (χ1n) is 11.2. The Labute approximate surface area is 207 Å². The van der Waals surface area contributed by atoms with Crippen LogP contribution in [0.3, 0.4) is 0 Å². The smallest absolute Gasteiger partial charge is 0.335 e. The quantitative estimate of drug-likeness (QED) is 0.301. The summed E-state index contributed by atoms with van der Waals surface area (Å²) in [5, 5.41) is 20.3. The van der Waals surface area contributed by atoms with Crippen LogP contribution in [-0.4, -0.2) is 46.9 Å². The summed E-state index contributed by atoms with van der Waals surface area (Å²) in [6, 6.07) is 16.4. The van der Waals surface area contributed by atoms with Crippen molar-refractivity contribution in [3.8, 4) is 0 Å². The molecule has 36 heavy (non-hydrogen) atoms. The maximum absolute atomic E-state index is 13.8. The number of nitrogens with zero attached hydrogens (tertiary/aromatic N) is 2. The Balaban J connectivity index is 1.83. The largest absolute Gasteiger partial charge is 0.507 e. The summed E-state index contributed by atoms with van der Waals surface area (Å²) in [5.41, 5.74) is 2.67. The number of carbonyl (C=O) groups excluding carboxylic acids is 2. The number of Topliss-reactive ketones (excluding diaryl/α,β-unsaturated/α-hetero) is 1. The van der Waals surface area contributed by atoms with Crippen molar-refractivity contribution in [2.24, 2.45) is 0 Å². The molecule has 2 N–H and O–H groups in total. The first-order chi connectivity index (χ1) is 17.1. The second kappa shape index (κ2) is 9.65. The molecule has 7 nitrogen and oxygen atoms in total. The van der Waals surface area contributed by atoms with Crippen LogP contribution < -0.4 is 4.90 Å². The molecule has 0 aromatic heterocycles. The first kappa shape index (κ1) is 24.7. The second-order valence-electron chi connectivity index (χ2n) is 8.88. The molecule has 0 bridgehead atoms. The average Bonchev–Trinajstić information content (AvgIpc) is 3.10. The van der Waals surface area contributed by atoms with E-state index in [9.17, 15) is 23.9 Å². The third kappa shape index (κ3) is 4.57. The summed E-state index contributed by atoms with van der Waals surface area (Å²) in [7, 11) is 3.78. The van der Waals surface area contributed by atoms with E-state index in [2.05, 4.69) is 0 Å². The third-order valence-corrected chi connectivity index (χ3v) is 6.25. The van der Waals surface area contributed by atoms with E-state index in [-0.39, 0.29) is 29.0 Å². The lowest BCUT2D eigenvalue weighted by atomic mass is 9.94. The van der Waals surface area contributed by atoms with E-state index in [1.54, 1.807) is 31.2 Å². The highest BCUT2D eigenvalue weighted by atomic mass is 19.1. The van der Waals surface area contributed by atoms with Crippen LogP contribution in [0, 0.1) is 12.7 Å². The molecule has 1 aliphatic rings. The molecule has 0 aliphatic carbocycles. The molecule has 8 heteroatoms. The highest BCUT2D eigenvalue weighted by molar-refractivity contribution is 6.46. The molecule has 0 radical (unpaired) electrons. The molecular weight excluding hydrogens is 463 g/mol. The molecular formula is C28H25FN2O5. The van der Waals surface area contributed by atoms with Crippen LogP contribution in [0.15, 0.2) is 72.3 Å². The number of ketones is 1. The number of rotatable bonds is 6. The van der Waals surface area contributed by atoms with Gasteiger partial charge in [-0.1, -0.05) is 24.3 Å². The summed E-state index contributed by atoms with van der Waals surface area (Å²) in [6.45, 7) is 1.56. The van der Waals surface area contributed by atoms with Crippen LogP contribution >= 0.6 is 0 Å². The van der Waals surface area contributed by atoms with Gasteiger partial charge in [0, 0.05) is 31.9 Å². The number of likely N-dealkylation sites (tertiary alicyclic amines) is 1. The van der Waals surface area contributed by atoms with Gasteiger partial charge in [-0.15, -0.1) is 0 Å². The van der Waals surface area contributed by atoms with Crippen molar-refractivity contribution in [2.75, 3.05) is 19.0 Å². The monoisotopic (exact) mass is 488 g/mol. The zero-order chi connectivity index (χ0) is 26.1. The molecule has 1 heterocycles. The van der Waals surface area contributed by atoms with E-state index in [1.165, 1.54) is 35.2 Å². The Kier molecular flexibility index (Phi) is 6.61. The molecule has 3 aromatic rings. The molecule has 1 fully saturated rings. The van der Waals surface area contributed by atoms with E-state index < -0.39 is 29.5 Å². The summed E-state index contributed by atoms with van der Waals surface area (Å²) in [4.78, 5) is 40.8. The number of aliphatic hydroxyl groups excluding tert-OH is 1. The van der Waals surface area contributed by atoms with Gasteiger partial charge in [-0.05, 0) is 66.1 Å². The molecule has 1 aliphatic heterocycles. The van der Waals surface area contributed by atoms with Crippen molar-refractivity contribution < 1.29 is 29.0 Å². The number of halogens is 1. The number of benzene rings is 3. The van der Waals surface area contributed by atoms with E-state index in [0.29, 0.717) is 16.7 Å². The minimum atomic E-state index is -1.07. The number of aryl methyl sites for hydroxylation is 1. The van der Waals surface area contributed by atoms with E-state index in [0.717, 1.165) is 5.69 Å². The Morgan fingerprint density at radius 2 is 1.56 bits per heavy atom. The van der Waals surface area contributed by atoms with Crippen LogP contribution in [0.4, 0.5) is 10.1 Å². The number of hydrogen-bond donors (Lipinski definition) is 2. The van der Waals surface area contributed by atoms with Gasteiger partial charge in [0.25, 0.3) is 11.7 Å². The van der Waals surface area contributed by atoms with Crippen molar-refractivity contribution in [3.63, 3.8) is 0 Å². The van der Waals surface area contributed by atoms with Gasteiger partial charge >= 0.3 is 5.97 Å². The number of carbonyl (C=O) groups is 3. The van der Waals surface area contributed by atoms with E-state index >= 15 is 0 Å². The third-order valence-electron chi connectivity index (χ3n) is 6.25. The summed E-state index contributed by atoms with van der Waals surface area (Å²) >= 11 is 0. The van der Waals surface area contributed by atoms with Crippen LogP contribution in [0.1, 0.15) is 38.7 Å². The molecule has 184 valence electrons. The van der Waals surface area contributed by atoms with Crippen molar-refractivity contribution in [1.82, 2.24) is 4.90 Å². The Hall–Kier alpha value is -4.46. The van der Waals surface area contributed by atoms with Gasteiger partial charge in [0.15, 0.2) is 0 Å². The van der Waals surface area contributed by atoms with Gasteiger partial charge in [0.05, 0.1) is 17.2 Å². The molecule has 3 aromatic carbocycles. The SMILES string of the molecule is Cc1cc(/C(O)=C2/C(=O)C(=O)N(Cc3ccc(C(=O)O)cc3)C2c2ccc(N(C)C)cc2)ccc1F. The standard InChI is InChI=1S/C28H25FN2O5/c1-16-14-20(10-13-22(16)29)25(32)23-24(18-8-11-21(12-9-18)30(2)3)31(27(34)26(23)33)15-17-4-6-19(7-5-17)28(35)36/h4-14,24,32H,15H2,1-3H3,(H,35,36)/b25-23-. The summed E-state index contributed by atoms with van der Waals surface area (Å²) in [6.07, 6.45) is 0. The van der Waals surface area contributed by atoms with Crippen LogP contribution in [0.5, 0.6) is 0 Å². The lowest BCUT2D eigenvalue weighted by Crippen LogP contribution is -2.29. The average molecular weight is 489 g/mol. The van der Waals surface area contributed by atoms with Gasteiger partial charge in [0.2, 0.25) is 0 Å². The first-order valence-corrected chi connectivity index (χ1v) is 11.2. The normalized spacial score (nSPS) is 16.9. The van der Waals surface area contributed by atoms with Gasteiger partial charge in [0.1, 0.15) is 11.6 Å². The number of carboxylic acids is 1. The van der Waals surface area contributed by atoms with E-state index in [4.69, 9.17) is 5.11 Å². The number of aliphatic hydroxyl groups is 1. The Morgan fingerprint density at radius 1 is 0.944 bits per heavy atom. The zero-order valence-corrected chi connectivity index (χ0v) is 20.0. The van der Waals surface area contributed by atoms with Gasteiger partial charge in [-0.25, -0.2) is 9.18 Å². The maximum atomic E-state index is 13.8. The second-order valence-corrected chi connectivity index (χ2v) is 8.88. The number of aromatic carboxylic acids is 1. The highest BCUT2D eigenvalue weighted by Gasteiger charge is 2.46. The van der Waals surface area contributed by atoms with E-state index in [1.807, 2.05) is 31.1 Å². The molecule has 1 unspecified atom stereocenters. The summed E-state index contributed by atoms with van der Waals surface area (Å²) < 4.78 is 13.8. The molecule has 0 saturated carbocycles. The lowest BCUT2D eigenvalue weighted by molar-refractivity contribution is -0.140. The number of hydrogen-bond acceptors (Lipinski definition) is 5. The fourth-order valence-electron chi connectivity index (χ4n) is 4.24. The van der Waals surface area contributed by atoms with Gasteiger partial charge in [-0.2, -0.15) is 0 Å². The molecule has 1 amide bonds. The zero-order valence-electron chi connectivity index (χ0n) is 20.0. The maximum Gasteiger partial charge on any atom is 0.335 e. The van der Waals surface area contributed by atoms with Gasteiger partial charge in [-0.3, -0.25) is 9.59 Å². The lowest BCUT2D eigenvalue weighted by Gasteiger charge is -2.26. The molecule has 0 spiro atoms. The molecule has 1 atom stereocenters. The predicted octanol–water partition coefficient (Wildman–Crippen LogP) is 4.52. The fraction of sp³-hybridized carbons (Fsp3) is 0.179. The number of amides is 1. The van der Waals surface area contributed by atoms with Crippen molar-refractivity contribution in [3.05, 3.63) is 106 Å². The predicted molar refractivity (Wildman–Crippen MR) is 133 cm³/mol.